The quantitative estimate of drug-likeness (QED) is 0.774. The van der Waals surface area contributed by atoms with Crippen LogP contribution in [0.3, 0.4) is 0 Å². The number of amides is 1. The Morgan fingerprint density at radius 1 is 1.28 bits per heavy atom. The molecule has 0 unspecified atom stereocenters. The highest BCUT2D eigenvalue weighted by Gasteiger charge is 2.18. The van der Waals surface area contributed by atoms with Crippen LogP contribution in [-0.2, 0) is 0 Å². The van der Waals surface area contributed by atoms with Crippen molar-refractivity contribution >= 4 is 17.2 Å². The van der Waals surface area contributed by atoms with E-state index in [1.165, 1.54) is 25.3 Å². The third kappa shape index (κ3) is 5.14. The molecule has 0 spiro atoms. The number of rotatable bonds is 8. The van der Waals surface area contributed by atoms with Crippen molar-refractivity contribution in [2.75, 3.05) is 27.7 Å². The highest BCUT2D eigenvalue weighted by atomic mass is 32.1. The molecule has 0 aliphatic heterocycles. The van der Waals surface area contributed by atoms with Gasteiger partial charge in [-0.2, -0.15) is 8.78 Å². The van der Waals surface area contributed by atoms with Crippen molar-refractivity contribution in [3.8, 4) is 11.5 Å². The fraction of sp³-hybridized carbons (Fsp3) is 0.353. The summed E-state index contributed by atoms with van der Waals surface area (Å²) in [4.78, 5) is 15.5. The standard InChI is InChI=1S/C17H20F2N2O3S/c1-21(2)12(15-5-4-8-25-15)10-20-16(22)11-6-7-13(24-17(18)19)14(9-11)23-3/h4-9,12,17H,10H2,1-3H3,(H,20,22)/t12-/m0/s1. The molecule has 0 bridgehead atoms. The van der Waals surface area contributed by atoms with Gasteiger partial charge in [0.15, 0.2) is 11.5 Å². The van der Waals surface area contributed by atoms with E-state index < -0.39 is 6.61 Å². The summed E-state index contributed by atoms with van der Waals surface area (Å²) in [6.45, 7) is -2.54. The zero-order valence-corrected chi connectivity index (χ0v) is 15.0. The van der Waals surface area contributed by atoms with E-state index >= 15 is 0 Å². The second kappa shape index (κ2) is 8.77. The van der Waals surface area contributed by atoms with Gasteiger partial charge in [0, 0.05) is 17.0 Å². The van der Waals surface area contributed by atoms with Crippen LogP contribution in [0.5, 0.6) is 11.5 Å². The van der Waals surface area contributed by atoms with Crippen LogP contribution in [0.1, 0.15) is 21.3 Å². The molecule has 136 valence electrons. The van der Waals surface area contributed by atoms with E-state index in [0.29, 0.717) is 12.1 Å². The average molecular weight is 370 g/mol. The van der Waals surface area contributed by atoms with E-state index in [4.69, 9.17) is 4.74 Å². The van der Waals surface area contributed by atoms with Crippen LogP contribution in [0, 0.1) is 0 Å². The van der Waals surface area contributed by atoms with E-state index in [2.05, 4.69) is 10.1 Å². The number of carbonyl (C=O) groups is 1. The first-order valence-corrected chi connectivity index (χ1v) is 8.41. The SMILES string of the molecule is COc1cc(C(=O)NC[C@@H](c2cccs2)N(C)C)ccc1OC(F)F. The van der Waals surface area contributed by atoms with Gasteiger partial charge in [-0.3, -0.25) is 4.79 Å². The summed E-state index contributed by atoms with van der Waals surface area (Å²) in [5, 5.41) is 4.85. The molecule has 1 N–H and O–H groups in total. The number of nitrogens with zero attached hydrogens (tertiary/aromatic N) is 1. The summed E-state index contributed by atoms with van der Waals surface area (Å²) in [6.07, 6.45) is 0. The van der Waals surface area contributed by atoms with Crippen molar-refractivity contribution in [1.29, 1.82) is 0 Å². The van der Waals surface area contributed by atoms with Crippen LogP contribution >= 0.6 is 11.3 Å². The third-order valence-electron chi connectivity index (χ3n) is 3.59. The largest absolute Gasteiger partial charge is 0.493 e. The number of carbonyl (C=O) groups excluding carboxylic acids is 1. The fourth-order valence-electron chi connectivity index (χ4n) is 2.31. The molecule has 1 aromatic heterocycles. The minimum absolute atomic E-state index is 0.0484. The Labute approximate surface area is 149 Å². The topological polar surface area (TPSA) is 50.8 Å². The van der Waals surface area contributed by atoms with Gasteiger partial charge in [0.05, 0.1) is 13.2 Å². The minimum Gasteiger partial charge on any atom is -0.493 e. The molecule has 0 radical (unpaired) electrons. The number of nitrogens with one attached hydrogen (secondary N) is 1. The highest BCUT2D eigenvalue weighted by Crippen LogP contribution is 2.29. The van der Waals surface area contributed by atoms with E-state index in [0.717, 1.165) is 4.88 Å². The van der Waals surface area contributed by atoms with Crippen molar-refractivity contribution in [2.45, 2.75) is 12.7 Å². The van der Waals surface area contributed by atoms with Crippen molar-refractivity contribution in [3.63, 3.8) is 0 Å². The summed E-state index contributed by atoms with van der Waals surface area (Å²) in [5.41, 5.74) is 0.308. The molecule has 8 heteroatoms. The molecule has 25 heavy (non-hydrogen) atoms. The predicted octanol–water partition coefficient (Wildman–Crippen LogP) is 3.39. The van der Waals surface area contributed by atoms with Crippen LogP contribution in [0.15, 0.2) is 35.7 Å². The maximum Gasteiger partial charge on any atom is 0.387 e. The molecule has 0 saturated heterocycles. The number of hydrogen-bond acceptors (Lipinski definition) is 5. The van der Waals surface area contributed by atoms with Gasteiger partial charge in [-0.15, -0.1) is 11.3 Å². The first-order chi connectivity index (χ1) is 11.9. The molecule has 1 heterocycles. The third-order valence-corrected chi connectivity index (χ3v) is 4.57. The fourth-order valence-corrected chi connectivity index (χ4v) is 3.23. The van der Waals surface area contributed by atoms with Gasteiger partial charge < -0.3 is 19.7 Å². The minimum atomic E-state index is -2.96. The van der Waals surface area contributed by atoms with Crippen LogP contribution in [0.25, 0.3) is 0 Å². The number of methoxy groups -OCH3 is 1. The lowest BCUT2D eigenvalue weighted by molar-refractivity contribution is -0.0512. The summed E-state index contributed by atoms with van der Waals surface area (Å²) < 4.78 is 34.1. The molecule has 1 aromatic carbocycles. The molecule has 2 rings (SSSR count). The number of likely N-dealkylation sites (N-methyl/N-ethyl adjacent to an activating group) is 1. The Balaban J connectivity index is 2.07. The number of halogens is 2. The Hall–Kier alpha value is -2.19. The maximum absolute atomic E-state index is 12.4. The molecule has 5 nitrogen and oxygen atoms in total. The van der Waals surface area contributed by atoms with Gasteiger partial charge in [-0.1, -0.05) is 6.07 Å². The van der Waals surface area contributed by atoms with Crippen molar-refractivity contribution in [2.24, 2.45) is 0 Å². The molecule has 2 aromatic rings. The van der Waals surface area contributed by atoms with Gasteiger partial charge >= 0.3 is 6.61 Å². The van der Waals surface area contributed by atoms with Crippen LogP contribution < -0.4 is 14.8 Å². The lowest BCUT2D eigenvalue weighted by Crippen LogP contribution is -2.34. The molecular weight excluding hydrogens is 350 g/mol. The van der Waals surface area contributed by atoms with Gasteiger partial charge in [-0.05, 0) is 43.7 Å². The molecule has 1 amide bonds. The first kappa shape index (κ1) is 19.1. The molecular formula is C17H20F2N2O3S. The summed E-state index contributed by atoms with van der Waals surface area (Å²) in [6, 6.07) is 8.12. The second-order valence-electron chi connectivity index (χ2n) is 5.45. The lowest BCUT2D eigenvalue weighted by Gasteiger charge is -2.23. The number of alkyl halides is 2. The number of hydrogen-bond donors (Lipinski definition) is 1. The van der Waals surface area contributed by atoms with Crippen LogP contribution in [0.2, 0.25) is 0 Å². The van der Waals surface area contributed by atoms with Gasteiger partial charge in [-0.25, -0.2) is 0 Å². The average Bonchev–Trinajstić information content (AvgIpc) is 3.08. The Morgan fingerprint density at radius 3 is 2.60 bits per heavy atom. The smallest absolute Gasteiger partial charge is 0.387 e. The van der Waals surface area contributed by atoms with E-state index in [1.807, 2.05) is 36.5 Å². The predicted molar refractivity (Wildman–Crippen MR) is 92.7 cm³/mol. The Morgan fingerprint density at radius 2 is 2.04 bits per heavy atom. The van der Waals surface area contributed by atoms with Crippen LogP contribution in [-0.4, -0.2) is 45.2 Å². The van der Waals surface area contributed by atoms with E-state index in [1.54, 1.807) is 11.3 Å². The van der Waals surface area contributed by atoms with E-state index in [9.17, 15) is 13.6 Å². The highest BCUT2D eigenvalue weighted by molar-refractivity contribution is 7.10. The number of ether oxygens (including phenoxy) is 2. The zero-order chi connectivity index (χ0) is 18.4. The summed E-state index contributed by atoms with van der Waals surface area (Å²) in [7, 11) is 5.21. The van der Waals surface area contributed by atoms with Gasteiger partial charge in [0.2, 0.25) is 0 Å². The normalized spacial score (nSPS) is 12.3. The Bertz CT molecular complexity index is 693. The lowest BCUT2D eigenvalue weighted by atomic mass is 10.1. The van der Waals surface area contributed by atoms with Crippen molar-refractivity contribution < 1.29 is 23.0 Å². The molecule has 0 aliphatic carbocycles. The van der Waals surface area contributed by atoms with Crippen molar-refractivity contribution in [3.05, 3.63) is 46.2 Å². The Kier molecular flexibility index (Phi) is 6.72. The second-order valence-corrected chi connectivity index (χ2v) is 6.43. The number of thiophene rings is 1. The monoisotopic (exact) mass is 370 g/mol. The molecule has 0 fully saturated rings. The van der Waals surface area contributed by atoms with Crippen molar-refractivity contribution in [1.82, 2.24) is 10.2 Å². The van der Waals surface area contributed by atoms with Crippen LogP contribution in [0.4, 0.5) is 8.78 Å². The summed E-state index contributed by atoms with van der Waals surface area (Å²) >= 11 is 1.62. The molecule has 0 saturated carbocycles. The summed E-state index contributed by atoms with van der Waals surface area (Å²) in [5.74, 6) is -0.348. The van der Waals surface area contributed by atoms with Gasteiger partial charge in [0.25, 0.3) is 5.91 Å². The molecule has 1 atom stereocenters. The maximum atomic E-state index is 12.4. The first-order valence-electron chi connectivity index (χ1n) is 7.53. The van der Waals surface area contributed by atoms with Gasteiger partial charge in [0.1, 0.15) is 0 Å². The molecule has 0 aliphatic rings. The number of benzene rings is 1. The zero-order valence-electron chi connectivity index (χ0n) is 14.2. The van der Waals surface area contributed by atoms with E-state index in [-0.39, 0.29) is 23.4 Å².